The summed E-state index contributed by atoms with van der Waals surface area (Å²) in [7, 11) is 0. The Balaban J connectivity index is 2.74. The van der Waals surface area contributed by atoms with E-state index in [1.165, 1.54) is 0 Å². The van der Waals surface area contributed by atoms with Crippen molar-refractivity contribution in [3.05, 3.63) is 45.1 Å². The Morgan fingerprint density at radius 2 is 1.79 bits per heavy atom. The molecule has 2 rings (SSSR count). The summed E-state index contributed by atoms with van der Waals surface area (Å²) in [5.74, 6) is 0. The van der Waals surface area contributed by atoms with E-state index in [-0.39, 0.29) is 0 Å². The molecule has 0 atom stereocenters. The molecule has 0 radical (unpaired) electrons. The molecule has 0 aliphatic rings. The molecule has 2 nitrogen and oxygen atoms in total. The van der Waals surface area contributed by atoms with Crippen molar-refractivity contribution in [3.63, 3.8) is 0 Å². The molecule has 0 aliphatic heterocycles. The van der Waals surface area contributed by atoms with Crippen molar-refractivity contribution < 1.29 is 0 Å². The van der Waals surface area contributed by atoms with E-state index in [1.54, 1.807) is 35.1 Å². The summed E-state index contributed by atoms with van der Waals surface area (Å²) in [6.07, 6.45) is 1.74. The number of nitrogens with one attached hydrogen (secondary N) is 1. The zero-order valence-electron chi connectivity index (χ0n) is 7.00. The van der Waals surface area contributed by atoms with Gasteiger partial charge in [-0.3, -0.25) is 0 Å². The van der Waals surface area contributed by atoms with E-state index in [0.717, 1.165) is 0 Å². The highest BCUT2D eigenvalue weighted by atomic mass is 35.5. The van der Waals surface area contributed by atoms with Gasteiger partial charge in [-0.2, -0.15) is 0 Å². The lowest BCUT2D eigenvalue weighted by Gasteiger charge is -2.07. The fourth-order valence-electron chi connectivity index (χ4n) is 1.20. The number of para-hydroxylation sites is 1. The summed E-state index contributed by atoms with van der Waals surface area (Å²) in [6, 6.07) is 7.10. The molecule has 2 aromatic rings. The van der Waals surface area contributed by atoms with Crippen molar-refractivity contribution >= 4 is 35.4 Å². The van der Waals surface area contributed by atoms with Gasteiger partial charge in [0.25, 0.3) is 0 Å². The van der Waals surface area contributed by atoms with Crippen LogP contribution >= 0.6 is 35.4 Å². The third-order valence-electron chi connectivity index (χ3n) is 1.81. The number of halogens is 2. The van der Waals surface area contributed by atoms with E-state index in [4.69, 9.17) is 35.4 Å². The summed E-state index contributed by atoms with van der Waals surface area (Å²) >= 11 is 17.1. The maximum absolute atomic E-state index is 6.02. The third kappa shape index (κ3) is 1.59. The predicted molar refractivity (Wildman–Crippen MR) is 61.0 cm³/mol. The lowest BCUT2D eigenvalue weighted by Crippen LogP contribution is -1.97. The zero-order chi connectivity index (χ0) is 10.1. The van der Waals surface area contributed by atoms with Crippen LogP contribution in [-0.4, -0.2) is 9.78 Å². The Bertz CT molecular complexity index is 495. The highest BCUT2D eigenvalue weighted by Gasteiger charge is 2.07. The van der Waals surface area contributed by atoms with Crippen molar-refractivity contribution in [3.8, 4) is 5.69 Å². The molecule has 0 spiro atoms. The molecule has 1 aromatic carbocycles. The van der Waals surface area contributed by atoms with E-state index >= 15 is 0 Å². The molecule has 0 aliphatic carbocycles. The van der Waals surface area contributed by atoms with Crippen molar-refractivity contribution in [2.24, 2.45) is 0 Å². The maximum atomic E-state index is 6.02. The van der Waals surface area contributed by atoms with Crippen LogP contribution in [0.3, 0.4) is 0 Å². The molecule has 0 amide bonds. The van der Waals surface area contributed by atoms with Crippen LogP contribution in [0.15, 0.2) is 30.5 Å². The monoisotopic (exact) mass is 244 g/mol. The number of aromatic nitrogens is 2. The molecule has 0 fully saturated rings. The number of hydrogen-bond acceptors (Lipinski definition) is 1. The summed E-state index contributed by atoms with van der Waals surface area (Å²) in [5, 5.41) is 4.08. The largest absolute Gasteiger partial charge is 0.300 e. The molecule has 72 valence electrons. The first-order valence-corrected chi connectivity index (χ1v) is 5.07. The molecule has 14 heavy (non-hydrogen) atoms. The molecular weight excluding hydrogens is 239 g/mol. The lowest BCUT2D eigenvalue weighted by molar-refractivity contribution is 0.869. The fourth-order valence-corrected chi connectivity index (χ4v) is 1.98. The smallest absolute Gasteiger partial charge is 0.127 e. The molecule has 0 saturated heterocycles. The minimum absolute atomic E-state index is 0.566. The number of aromatic amines is 1. The van der Waals surface area contributed by atoms with E-state index in [9.17, 15) is 0 Å². The Labute approximate surface area is 96.1 Å². The molecule has 0 bridgehead atoms. The average Bonchev–Trinajstić information content (AvgIpc) is 2.52. The van der Waals surface area contributed by atoms with Crippen LogP contribution < -0.4 is 0 Å². The van der Waals surface area contributed by atoms with Crippen LogP contribution in [-0.2, 0) is 0 Å². The van der Waals surface area contributed by atoms with Crippen LogP contribution in [0.25, 0.3) is 5.69 Å². The maximum Gasteiger partial charge on any atom is 0.127 e. The number of H-pyrrole nitrogens is 1. The van der Waals surface area contributed by atoms with Gasteiger partial charge in [-0.05, 0) is 18.2 Å². The zero-order valence-corrected chi connectivity index (χ0v) is 9.33. The lowest BCUT2D eigenvalue weighted by atomic mass is 10.3. The Morgan fingerprint density at radius 3 is 2.29 bits per heavy atom. The number of hydrogen-bond donors (Lipinski definition) is 1. The summed E-state index contributed by atoms with van der Waals surface area (Å²) < 4.78 is 2.31. The molecule has 1 heterocycles. The standard InChI is InChI=1S/C9H6Cl2N2S/c10-6-2-1-3-7(11)9(6)13-8(14)4-5-12-13/h1-5,12H. The number of benzene rings is 1. The van der Waals surface area contributed by atoms with Gasteiger partial charge in [0.1, 0.15) is 10.3 Å². The molecular formula is C9H6Cl2N2S. The van der Waals surface area contributed by atoms with Gasteiger partial charge in [0, 0.05) is 6.20 Å². The van der Waals surface area contributed by atoms with Gasteiger partial charge in [-0.15, -0.1) is 0 Å². The van der Waals surface area contributed by atoms with Gasteiger partial charge in [-0.1, -0.05) is 41.5 Å². The van der Waals surface area contributed by atoms with Crippen LogP contribution in [0, 0.1) is 4.64 Å². The van der Waals surface area contributed by atoms with E-state index in [0.29, 0.717) is 20.4 Å². The van der Waals surface area contributed by atoms with Crippen molar-refractivity contribution in [2.75, 3.05) is 0 Å². The molecule has 1 aromatic heterocycles. The van der Waals surface area contributed by atoms with Gasteiger partial charge in [0.15, 0.2) is 0 Å². The summed E-state index contributed by atoms with van der Waals surface area (Å²) in [5.41, 5.74) is 0.686. The second-order valence-electron chi connectivity index (χ2n) is 2.71. The van der Waals surface area contributed by atoms with Crippen LogP contribution in [0.5, 0.6) is 0 Å². The Morgan fingerprint density at radius 1 is 1.14 bits per heavy atom. The van der Waals surface area contributed by atoms with Crippen molar-refractivity contribution in [2.45, 2.75) is 0 Å². The van der Waals surface area contributed by atoms with E-state index < -0.39 is 0 Å². The van der Waals surface area contributed by atoms with Crippen molar-refractivity contribution in [1.29, 1.82) is 0 Å². The second kappa shape index (κ2) is 3.77. The van der Waals surface area contributed by atoms with Gasteiger partial charge in [-0.25, -0.2) is 4.68 Å². The minimum Gasteiger partial charge on any atom is -0.300 e. The van der Waals surface area contributed by atoms with Crippen LogP contribution in [0.1, 0.15) is 0 Å². The first kappa shape index (κ1) is 9.77. The highest BCUT2D eigenvalue weighted by Crippen LogP contribution is 2.27. The van der Waals surface area contributed by atoms with Crippen LogP contribution in [0.4, 0.5) is 0 Å². The van der Waals surface area contributed by atoms with Gasteiger partial charge < -0.3 is 5.10 Å². The molecule has 0 unspecified atom stereocenters. The molecule has 5 heteroatoms. The Hall–Kier alpha value is -0.770. The normalized spacial score (nSPS) is 10.4. The first-order valence-electron chi connectivity index (χ1n) is 3.91. The van der Waals surface area contributed by atoms with Gasteiger partial charge in [0.2, 0.25) is 0 Å². The highest BCUT2D eigenvalue weighted by molar-refractivity contribution is 7.71. The third-order valence-corrected chi connectivity index (χ3v) is 2.74. The SMILES string of the molecule is S=c1cc[nH]n1-c1c(Cl)cccc1Cl. The average molecular weight is 245 g/mol. The van der Waals surface area contributed by atoms with E-state index in [2.05, 4.69) is 5.10 Å². The number of rotatable bonds is 1. The fraction of sp³-hybridized carbons (Fsp3) is 0. The first-order chi connectivity index (χ1) is 6.70. The minimum atomic E-state index is 0.566. The predicted octanol–water partition coefficient (Wildman–Crippen LogP) is 3.84. The summed E-state index contributed by atoms with van der Waals surface area (Å²) in [4.78, 5) is 0. The number of nitrogens with zero attached hydrogens (tertiary/aromatic N) is 1. The second-order valence-corrected chi connectivity index (χ2v) is 3.94. The van der Waals surface area contributed by atoms with Crippen molar-refractivity contribution in [1.82, 2.24) is 9.78 Å². The molecule has 0 saturated carbocycles. The van der Waals surface area contributed by atoms with Gasteiger partial charge >= 0.3 is 0 Å². The quantitative estimate of drug-likeness (QED) is 0.757. The Kier molecular flexibility index (Phi) is 2.63. The van der Waals surface area contributed by atoms with Gasteiger partial charge in [0.05, 0.1) is 10.0 Å². The summed E-state index contributed by atoms with van der Waals surface area (Å²) in [6.45, 7) is 0. The van der Waals surface area contributed by atoms with E-state index in [1.807, 2.05) is 0 Å². The van der Waals surface area contributed by atoms with Crippen LogP contribution in [0.2, 0.25) is 10.0 Å². The molecule has 1 N–H and O–H groups in total. The topological polar surface area (TPSA) is 20.7 Å².